The molecule has 0 atom stereocenters. The van der Waals surface area contributed by atoms with Gasteiger partial charge in [-0.15, -0.1) is 0 Å². The Bertz CT molecular complexity index is 472. The molecule has 4 nitrogen and oxygen atoms in total. The van der Waals surface area contributed by atoms with Crippen LogP contribution in [0.15, 0.2) is 29.2 Å². The standard InChI is InChI=1S/C13H18O4S/c14-18(15,16)13-8-6-12(7-9-13)17-10-11-4-2-1-3-5-11/h6-9,11H,1-5,10H2,(H,14,15,16). The van der Waals surface area contributed by atoms with Crippen LogP contribution >= 0.6 is 0 Å². The Hall–Kier alpha value is -1.07. The van der Waals surface area contributed by atoms with Gasteiger partial charge in [-0.2, -0.15) is 8.42 Å². The highest BCUT2D eigenvalue weighted by molar-refractivity contribution is 7.85. The summed E-state index contributed by atoms with van der Waals surface area (Å²) in [5.74, 6) is 1.26. The summed E-state index contributed by atoms with van der Waals surface area (Å²) in [6, 6.07) is 5.86. The van der Waals surface area contributed by atoms with Crippen molar-refractivity contribution in [2.45, 2.75) is 37.0 Å². The molecule has 0 spiro atoms. The van der Waals surface area contributed by atoms with Crippen LogP contribution < -0.4 is 4.74 Å². The molecular formula is C13H18O4S. The van der Waals surface area contributed by atoms with E-state index in [4.69, 9.17) is 9.29 Å². The van der Waals surface area contributed by atoms with Gasteiger partial charge in [0.2, 0.25) is 0 Å². The lowest BCUT2D eigenvalue weighted by Crippen LogP contribution is -2.15. The van der Waals surface area contributed by atoms with E-state index in [1.54, 1.807) is 12.1 Å². The van der Waals surface area contributed by atoms with E-state index < -0.39 is 10.1 Å². The van der Waals surface area contributed by atoms with Crippen LogP contribution in [0.4, 0.5) is 0 Å². The van der Waals surface area contributed by atoms with Gasteiger partial charge in [0.05, 0.1) is 11.5 Å². The smallest absolute Gasteiger partial charge is 0.294 e. The van der Waals surface area contributed by atoms with Crippen LogP contribution in [0.5, 0.6) is 5.75 Å². The van der Waals surface area contributed by atoms with E-state index in [0.717, 1.165) is 0 Å². The van der Waals surface area contributed by atoms with Gasteiger partial charge in [0, 0.05) is 0 Å². The predicted molar refractivity (Wildman–Crippen MR) is 68.3 cm³/mol. The quantitative estimate of drug-likeness (QED) is 0.854. The zero-order valence-electron chi connectivity index (χ0n) is 10.2. The van der Waals surface area contributed by atoms with Gasteiger partial charge in [0.15, 0.2) is 0 Å². The van der Waals surface area contributed by atoms with Gasteiger partial charge in [0.1, 0.15) is 5.75 Å². The van der Waals surface area contributed by atoms with Gasteiger partial charge in [-0.25, -0.2) is 0 Å². The average molecular weight is 270 g/mol. The molecule has 100 valence electrons. The molecule has 0 saturated heterocycles. The van der Waals surface area contributed by atoms with Crippen molar-refractivity contribution >= 4 is 10.1 Å². The molecule has 1 aromatic carbocycles. The van der Waals surface area contributed by atoms with Crippen molar-refractivity contribution in [1.29, 1.82) is 0 Å². The van der Waals surface area contributed by atoms with Crippen molar-refractivity contribution < 1.29 is 17.7 Å². The fraction of sp³-hybridized carbons (Fsp3) is 0.538. The second-order valence-corrected chi connectivity index (χ2v) is 6.18. The second-order valence-electron chi connectivity index (χ2n) is 4.76. The second kappa shape index (κ2) is 5.71. The number of hydrogen-bond donors (Lipinski definition) is 1. The molecule has 18 heavy (non-hydrogen) atoms. The first-order valence-electron chi connectivity index (χ1n) is 6.26. The minimum Gasteiger partial charge on any atom is -0.493 e. The van der Waals surface area contributed by atoms with Gasteiger partial charge < -0.3 is 4.74 Å². The molecule has 5 heteroatoms. The van der Waals surface area contributed by atoms with Gasteiger partial charge in [-0.3, -0.25) is 4.55 Å². The van der Waals surface area contributed by atoms with E-state index >= 15 is 0 Å². The summed E-state index contributed by atoms with van der Waals surface area (Å²) in [5, 5.41) is 0. The molecule has 1 saturated carbocycles. The first kappa shape index (κ1) is 13.4. The monoisotopic (exact) mass is 270 g/mol. The molecule has 0 amide bonds. The van der Waals surface area contributed by atoms with E-state index in [-0.39, 0.29) is 4.90 Å². The third kappa shape index (κ3) is 3.71. The normalized spacial score (nSPS) is 17.6. The van der Waals surface area contributed by atoms with E-state index in [1.807, 2.05) is 0 Å². The Balaban J connectivity index is 1.90. The fourth-order valence-electron chi connectivity index (χ4n) is 2.28. The number of hydrogen-bond acceptors (Lipinski definition) is 3. The summed E-state index contributed by atoms with van der Waals surface area (Å²) in [7, 11) is -4.11. The summed E-state index contributed by atoms with van der Waals surface area (Å²) < 4.78 is 36.2. The Morgan fingerprint density at radius 2 is 1.72 bits per heavy atom. The highest BCUT2D eigenvalue weighted by atomic mass is 32.2. The lowest BCUT2D eigenvalue weighted by atomic mass is 9.90. The SMILES string of the molecule is O=S(=O)(O)c1ccc(OCC2CCCCC2)cc1. The number of ether oxygens (including phenoxy) is 1. The van der Waals surface area contributed by atoms with Gasteiger partial charge in [-0.05, 0) is 43.0 Å². The molecule has 0 radical (unpaired) electrons. The van der Waals surface area contributed by atoms with Crippen molar-refractivity contribution in [3.63, 3.8) is 0 Å². The molecule has 1 N–H and O–H groups in total. The third-order valence-corrected chi connectivity index (χ3v) is 4.20. The summed E-state index contributed by atoms with van der Waals surface area (Å²) in [6.07, 6.45) is 6.29. The maximum absolute atomic E-state index is 10.9. The molecule has 0 heterocycles. The van der Waals surface area contributed by atoms with Crippen LogP contribution in [0.3, 0.4) is 0 Å². The molecule has 0 bridgehead atoms. The Morgan fingerprint density at radius 3 is 2.28 bits per heavy atom. The van der Waals surface area contributed by atoms with Crippen molar-refractivity contribution in [1.82, 2.24) is 0 Å². The average Bonchev–Trinajstić information content (AvgIpc) is 2.37. The Labute approximate surface area is 108 Å². The summed E-state index contributed by atoms with van der Waals surface area (Å²) in [5.41, 5.74) is 0. The van der Waals surface area contributed by atoms with Gasteiger partial charge in [0.25, 0.3) is 10.1 Å². The van der Waals surface area contributed by atoms with E-state index in [9.17, 15) is 8.42 Å². The van der Waals surface area contributed by atoms with E-state index in [0.29, 0.717) is 18.3 Å². The predicted octanol–water partition coefficient (Wildman–Crippen LogP) is 2.89. The summed E-state index contributed by atoms with van der Waals surface area (Å²) >= 11 is 0. The largest absolute Gasteiger partial charge is 0.493 e. The molecule has 2 rings (SSSR count). The molecule has 1 aliphatic rings. The molecule has 1 fully saturated rings. The maximum Gasteiger partial charge on any atom is 0.294 e. The van der Waals surface area contributed by atoms with Crippen LogP contribution in [0.2, 0.25) is 0 Å². The minimum absolute atomic E-state index is 0.104. The molecular weight excluding hydrogens is 252 g/mol. The first-order chi connectivity index (χ1) is 8.55. The van der Waals surface area contributed by atoms with Gasteiger partial charge >= 0.3 is 0 Å². The van der Waals surface area contributed by atoms with E-state index in [2.05, 4.69) is 0 Å². The summed E-state index contributed by atoms with van der Waals surface area (Å²) in [4.78, 5) is -0.104. The van der Waals surface area contributed by atoms with Crippen molar-refractivity contribution in [2.75, 3.05) is 6.61 Å². The zero-order valence-corrected chi connectivity index (χ0v) is 11.0. The Kier molecular flexibility index (Phi) is 4.24. The van der Waals surface area contributed by atoms with Crippen molar-refractivity contribution in [3.05, 3.63) is 24.3 Å². The van der Waals surface area contributed by atoms with Crippen LogP contribution in [-0.4, -0.2) is 19.6 Å². The van der Waals surface area contributed by atoms with E-state index in [1.165, 1.54) is 44.2 Å². The highest BCUT2D eigenvalue weighted by Gasteiger charge is 2.14. The highest BCUT2D eigenvalue weighted by Crippen LogP contribution is 2.25. The summed E-state index contributed by atoms with van der Waals surface area (Å²) in [6.45, 7) is 0.686. The fourth-order valence-corrected chi connectivity index (χ4v) is 2.76. The van der Waals surface area contributed by atoms with Crippen LogP contribution in [0, 0.1) is 5.92 Å². The zero-order chi connectivity index (χ0) is 13.0. The number of rotatable bonds is 4. The lowest BCUT2D eigenvalue weighted by molar-refractivity contribution is 0.208. The third-order valence-electron chi connectivity index (χ3n) is 3.33. The van der Waals surface area contributed by atoms with Gasteiger partial charge in [-0.1, -0.05) is 19.3 Å². The van der Waals surface area contributed by atoms with Crippen molar-refractivity contribution in [3.8, 4) is 5.75 Å². The first-order valence-corrected chi connectivity index (χ1v) is 7.70. The van der Waals surface area contributed by atoms with Crippen molar-refractivity contribution in [2.24, 2.45) is 5.92 Å². The molecule has 0 unspecified atom stereocenters. The number of benzene rings is 1. The topological polar surface area (TPSA) is 63.6 Å². The molecule has 1 aromatic rings. The molecule has 0 aromatic heterocycles. The Morgan fingerprint density at radius 1 is 1.11 bits per heavy atom. The lowest BCUT2D eigenvalue weighted by Gasteiger charge is -2.21. The molecule has 0 aliphatic heterocycles. The molecule has 1 aliphatic carbocycles. The minimum atomic E-state index is -4.11. The van der Waals surface area contributed by atoms with Crippen LogP contribution in [-0.2, 0) is 10.1 Å². The maximum atomic E-state index is 10.9. The van der Waals surface area contributed by atoms with Crippen LogP contribution in [0.25, 0.3) is 0 Å². The van der Waals surface area contributed by atoms with Crippen LogP contribution in [0.1, 0.15) is 32.1 Å².